The van der Waals surface area contributed by atoms with Crippen LogP contribution in [0.5, 0.6) is 0 Å². The van der Waals surface area contributed by atoms with Gasteiger partial charge in [-0.05, 0) is 22.9 Å². The number of nitrogens with zero attached hydrogens (tertiary/aromatic N) is 1. The zero-order valence-electron chi connectivity index (χ0n) is 9.16. The maximum Gasteiger partial charge on any atom is 0.658 e. The summed E-state index contributed by atoms with van der Waals surface area (Å²) >= 11 is 3.18. The maximum absolute atomic E-state index is 12.9. The first kappa shape index (κ1) is 14.0. The van der Waals surface area contributed by atoms with Crippen molar-refractivity contribution in [1.29, 1.82) is 0 Å². The van der Waals surface area contributed by atoms with Crippen molar-refractivity contribution in [3.63, 3.8) is 0 Å². The Bertz CT molecular complexity index is 618. The van der Waals surface area contributed by atoms with E-state index in [2.05, 4.69) is 20.7 Å². The number of pyridine rings is 1. The maximum atomic E-state index is 12.9. The van der Waals surface area contributed by atoms with Gasteiger partial charge in [-0.15, -0.1) is 0 Å². The van der Waals surface area contributed by atoms with E-state index in [9.17, 15) is 21.8 Å². The van der Waals surface area contributed by atoms with E-state index in [1.54, 1.807) is 12.1 Å². The number of benzene rings is 1. The van der Waals surface area contributed by atoms with Gasteiger partial charge >= 0.3 is 13.0 Å². The van der Waals surface area contributed by atoms with E-state index in [0.29, 0.717) is 14.6 Å². The highest BCUT2D eigenvalue weighted by Gasteiger charge is 2.60. The number of fused-ring (bicyclic) bond motifs is 1. The predicted octanol–water partition coefficient (Wildman–Crippen LogP) is 3.30. The molecule has 0 aliphatic rings. The lowest BCUT2D eigenvalue weighted by Gasteiger charge is -2.23. The van der Waals surface area contributed by atoms with Crippen LogP contribution in [0.1, 0.15) is 0 Å². The third kappa shape index (κ3) is 2.80. The summed E-state index contributed by atoms with van der Waals surface area (Å²) in [4.78, 5) is 0. The summed E-state index contributed by atoms with van der Waals surface area (Å²) in [6.07, 6.45) is -4.72. The molecule has 0 spiro atoms. The third-order valence-corrected chi connectivity index (χ3v) is 2.84. The van der Waals surface area contributed by atoms with E-state index in [1.165, 1.54) is 18.2 Å². The first-order valence-electron chi connectivity index (χ1n) is 5.07. The van der Waals surface area contributed by atoms with Crippen molar-refractivity contribution in [2.45, 2.75) is 6.08 Å². The van der Waals surface area contributed by atoms with Crippen LogP contribution in [0.25, 0.3) is 10.9 Å². The lowest BCUT2D eigenvalue weighted by atomic mass is 9.87. The Morgan fingerprint density at radius 2 is 1.84 bits per heavy atom. The average molecular weight is 342 g/mol. The Morgan fingerprint density at radius 3 is 2.47 bits per heavy atom. The van der Waals surface area contributed by atoms with Crippen molar-refractivity contribution in [3.8, 4) is 0 Å². The molecule has 9 heteroatoms. The molecule has 0 bridgehead atoms. The van der Waals surface area contributed by atoms with Gasteiger partial charge in [-0.25, -0.2) is 13.2 Å². The van der Waals surface area contributed by atoms with Gasteiger partial charge in [-0.2, -0.15) is 0 Å². The van der Waals surface area contributed by atoms with Crippen molar-refractivity contribution in [2.24, 2.45) is 0 Å². The molecule has 2 aromatic rings. The minimum atomic E-state index is -5.97. The molecule has 1 heterocycles. The van der Waals surface area contributed by atoms with E-state index < -0.39 is 13.0 Å². The zero-order chi connectivity index (χ0) is 14.3. The molecule has 0 aliphatic heterocycles. The van der Waals surface area contributed by atoms with Gasteiger partial charge in [-0.1, -0.05) is 15.9 Å². The molecule has 1 aromatic carbocycles. The van der Waals surface area contributed by atoms with Gasteiger partial charge in [0.05, 0.1) is 5.39 Å². The summed E-state index contributed by atoms with van der Waals surface area (Å²) in [5.74, 6) is 0. The Labute approximate surface area is 112 Å². The normalized spacial score (nSPS) is 12.7. The van der Waals surface area contributed by atoms with Crippen LogP contribution in [0, 0.1) is 0 Å². The van der Waals surface area contributed by atoms with Crippen LogP contribution in [0.3, 0.4) is 0 Å². The molecule has 19 heavy (non-hydrogen) atoms. The molecule has 1 aromatic heterocycles. The quantitative estimate of drug-likeness (QED) is 0.464. The fourth-order valence-corrected chi connectivity index (χ4v) is 1.84. The summed E-state index contributed by atoms with van der Waals surface area (Å²) in [5.41, 5.74) is 0.108. The highest BCUT2D eigenvalue weighted by atomic mass is 79.9. The van der Waals surface area contributed by atoms with E-state index in [0.717, 1.165) is 6.20 Å². The topological polar surface area (TPSA) is 13.1 Å². The van der Waals surface area contributed by atoms with Gasteiger partial charge < -0.3 is 13.4 Å². The van der Waals surface area contributed by atoms with Crippen molar-refractivity contribution < 1.29 is 31.3 Å². The lowest BCUT2D eigenvalue weighted by molar-refractivity contribution is -0.847. The lowest BCUT2D eigenvalue weighted by Crippen LogP contribution is -2.62. The van der Waals surface area contributed by atoms with E-state index in [-0.39, 0.29) is 5.52 Å². The van der Waals surface area contributed by atoms with Crippen LogP contribution in [-0.4, -0.2) is 13.0 Å². The Hall–Kier alpha value is -1.38. The molecule has 0 saturated carbocycles. The van der Waals surface area contributed by atoms with Crippen LogP contribution in [0.4, 0.5) is 21.8 Å². The summed E-state index contributed by atoms with van der Waals surface area (Å²) in [6, 6.07) is 7.35. The number of alkyl halides is 3. The summed E-state index contributed by atoms with van der Waals surface area (Å²) in [6.45, 7) is -5.97. The van der Waals surface area contributed by atoms with Crippen LogP contribution < -0.4 is 9.49 Å². The van der Waals surface area contributed by atoms with Crippen LogP contribution in [0.2, 0.25) is 0 Å². The SMILES string of the molecule is F[B-](F)(O[n+]1cccc2cc(Br)ccc21)C(F)(F)F. The van der Waals surface area contributed by atoms with E-state index in [4.69, 9.17) is 0 Å². The molecule has 0 amide bonds. The molecule has 0 atom stereocenters. The third-order valence-electron chi connectivity index (χ3n) is 2.35. The fourth-order valence-electron chi connectivity index (χ4n) is 1.46. The fraction of sp³-hybridized carbons (Fsp3) is 0.100. The summed E-state index contributed by atoms with van der Waals surface area (Å²) in [7, 11) is 0. The summed E-state index contributed by atoms with van der Waals surface area (Å²) in [5, 5.41) is 0.464. The second-order valence-electron chi connectivity index (χ2n) is 3.78. The van der Waals surface area contributed by atoms with Crippen LogP contribution in [0.15, 0.2) is 41.0 Å². The molecular formula is C10H6BBrF5NO. The second kappa shape index (κ2) is 4.62. The van der Waals surface area contributed by atoms with E-state index >= 15 is 0 Å². The van der Waals surface area contributed by atoms with Crippen LogP contribution in [-0.2, 0) is 0 Å². The minimum Gasteiger partial charge on any atom is -0.432 e. The second-order valence-corrected chi connectivity index (χ2v) is 4.70. The highest BCUT2D eigenvalue weighted by molar-refractivity contribution is 9.10. The summed E-state index contributed by atoms with van der Waals surface area (Å²) < 4.78 is 67.1. The first-order valence-corrected chi connectivity index (χ1v) is 5.87. The largest absolute Gasteiger partial charge is 0.658 e. The van der Waals surface area contributed by atoms with Crippen LogP contribution >= 0.6 is 15.9 Å². The number of rotatable bonds is 2. The average Bonchev–Trinajstić information content (AvgIpc) is 2.26. The van der Waals surface area contributed by atoms with Gasteiger partial charge in [0.15, 0.2) is 0 Å². The molecule has 0 N–H and O–H groups in total. The van der Waals surface area contributed by atoms with Gasteiger partial charge in [0.1, 0.15) is 0 Å². The standard InChI is InChI=1S/C10H6BBrF5NO/c12-8-3-4-9-7(6-8)2-1-5-18(9)19-11(16,17)10(13,14)15/h1-6H. The monoisotopic (exact) mass is 341 g/mol. The minimum absolute atomic E-state index is 0.108. The van der Waals surface area contributed by atoms with Gasteiger partial charge in [-0.3, -0.25) is 0 Å². The molecule has 0 saturated heterocycles. The van der Waals surface area contributed by atoms with E-state index in [1.807, 2.05) is 0 Å². The van der Waals surface area contributed by atoms with Crippen molar-refractivity contribution in [2.75, 3.05) is 0 Å². The first-order chi connectivity index (χ1) is 8.71. The Kier molecular flexibility index (Phi) is 3.42. The molecular weight excluding hydrogens is 336 g/mol. The molecule has 2 rings (SSSR count). The van der Waals surface area contributed by atoms with Crippen molar-refractivity contribution >= 4 is 33.7 Å². The molecule has 0 fully saturated rings. The molecule has 2 nitrogen and oxygen atoms in total. The number of hydrogen-bond donors (Lipinski definition) is 0. The van der Waals surface area contributed by atoms with Gasteiger partial charge in [0, 0.05) is 16.6 Å². The molecule has 0 radical (unpaired) electrons. The van der Waals surface area contributed by atoms with Crippen molar-refractivity contribution in [3.05, 3.63) is 41.0 Å². The molecule has 0 unspecified atom stereocenters. The number of hydrogen-bond acceptors (Lipinski definition) is 1. The van der Waals surface area contributed by atoms with Gasteiger partial charge in [0.2, 0.25) is 6.20 Å². The smallest absolute Gasteiger partial charge is 0.432 e. The zero-order valence-corrected chi connectivity index (χ0v) is 10.8. The predicted molar refractivity (Wildman–Crippen MR) is 62.4 cm³/mol. The van der Waals surface area contributed by atoms with Crippen molar-refractivity contribution in [1.82, 2.24) is 0 Å². The highest BCUT2D eigenvalue weighted by Crippen LogP contribution is 2.29. The Morgan fingerprint density at radius 1 is 1.16 bits per heavy atom. The number of aromatic nitrogens is 1. The molecule has 0 aliphatic carbocycles. The Balaban J connectivity index is 2.47. The molecule has 102 valence electrons. The van der Waals surface area contributed by atoms with Gasteiger partial charge in [0.25, 0.3) is 5.52 Å². The number of halogens is 6.